The maximum absolute atomic E-state index is 12.3. The van der Waals surface area contributed by atoms with Crippen LogP contribution >= 0.6 is 11.6 Å². The number of carboxylic acid groups (broad SMARTS) is 1. The zero-order valence-corrected chi connectivity index (χ0v) is 8.26. The molecule has 0 unspecified atom stereocenters. The summed E-state index contributed by atoms with van der Waals surface area (Å²) in [5, 5.41) is 8.12. The van der Waals surface area contributed by atoms with E-state index in [9.17, 15) is 13.6 Å². The summed E-state index contributed by atoms with van der Waals surface area (Å²) in [7, 11) is 1.16. The molecular weight excluding hydrogens is 232 g/mol. The maximum Gasteiger partial charge on any atom is 0.358 e. The Balaban J connectivity index is 3.35. The number of aromatic carboxylic acids is 1. The Kier molecular flexibility index (Phi) is 3.41. The quantitative estimate of drug-likeness (QED) is 0.820. The molecule has 1 heterocycles. The summed E-state index contributed by atoms with van der Waals surface area (Å²) >= 11 is 5.39. The standard InChI is InChI=1S/C8H6ClF2NO3/c1-15-4-2-3(7(10)11)6(9)12-5(4)8(13)14/h2,7H,1H3,(H,13,14). The van der Waals surface area contributed by atoms with Crippen molar-refractivity contribution >= 4 is 17.6 Å². The first-order valence-electron chi connectivity index (χ1n) is 3.73. The number of methoxy groups -OCH3 is 1. The molecule has 0 atom stereocenters. The van der Waals surface area contributed by atoms with Crippen molar-refractivity contribution in [3.8, 4) is 5.75 Å². The summed E-state index contributed by atoms with van der Waals surface area (Å²) in [6, 6.07) is 0.865. The van der Waals surface area contributed by atoms with Crippen LogP contribution in [0.1, 0.15) is 22.5 Å². The zero-order chi connectivity index (χ0) is 11.6. The van der Waals surface area contributed by atoms with Crippen LogP contribution in [-0.4, -0.2) is 23.2 Å². The Bertz CT molecular complexity index is 398. The molecule has 0 aliphatic rings. The van der Waals surface area contributed by atoms with Gasteiger partial charge in [-0.3, -0.25) is 0 Å². The van der Waals surface area contributed by atoms with E-state index in [2.05, 4.69) is 9.72 Å². The molecule has 0 aliphatic carbocycles. The molecule has 1 aromatic heterocycles. The Labute approximate surface area is 88.4 Å². The third-order valence-corrected chi connectivity index (χ3v) is 1.93. The molecule has 0 amide bonds. The van der Waals surface area contributed by atoms with E-state index in [4.69, 9.17) is 16.7 Å². The molecule has 15 heavy (non-hydrogen) atoms. The molecule has 82 valence electrons. The highest BCUT2D eigenvalue weighted by Crippen LogP contribution is 2.30. The third kappa shape index (κ3) is 2.33. The van der Waals surface area contributed by atoms with Crippen LogP contribution in [0.4, 0.5) is 8.78 Å². The van der Waals surface area contributed by atoms with E-state index in [0.29, 0.717) is 0 Å². The van der Waals surface area contributed by atoms with Gasteiger partial charge in [-0.2, -0.15) is 0 Å². The molecular formula is C8H6ClF2NO3. The highest BCUT2D eigenvalue weighted by molar-refractivity contribution is 6.30. The van der Waals surface area contributed by atoms with Gasteiger partial charge >= 0.3 is 5.97 Å². The lowest BCUT2D eigenvalue weighted by molar-refractivity contribution is 0.0685. The van der Waals surface area contributed by atoms with Gasteiger partial charge in [-0.05, 0) is 6.07 Å². The van der Waals surface area contributed by atoms with Crippen LogP contribution < -0.4 is 4.74 Å². The van der Waals surface area contributed by atoms with Crippen LogP contribution in [0.25, 0.3) is 0 Å². The van der Waals surface area contributed by atoms with Gasteiger partial charge in [-0.15, -0.1) is 0 Å². The smallest absolute Gasteiger partial charge is 0.358 e. The predicted octanol–water partition coefficient (Wildman–Crippen LogP) is 2.38. The molecule has 4 nitrogen and oxygen atoms in total. The second-order valence-electron chi connectivity index (χ2n) is 2.53. The number of pyridine rings is 1. The van der Waals surface area contributed by atoms with Crippen molar-refractivity contribution in [2.75, 3.05) is 7.11 Å². The van der Waals surface area contributed by atoms with Gasteiger partial charge < -0.3 is 9.84 Å². The van der Waals surface area contributed by atoms with E-state index in [1.54, 1.807) is 0 Å². The lowest BCUT2D eigenvalue weighted by Gasteiger charge is -2.08. The third-order valence-electron chi connectivity index (χ3n) is 1.63. The average Bonchev–Trinajstić information content (AvgIpc) is 2.16. The van der Waals surface area contributed by atoms with Crippen LogP contribution in [0.2, 0.25) is 5.15 Å². The lowest BCUT2D eigenvalue weighted by atomic mass is 10.2. The fourth-order valence-electron chi connectivity index (χ4n) is 0.949. The normalized spacial score (nSPS) is 10.5. The van der Waals surface area contributed by atoms with E-state index < -0.39 is 28.8 Å². The number of halogens is 3. The number of ether oxygens (including phenoxy) is 1. The molecule has 7 heteroatoms. The lowest BCUT2D eigenvalue weighted by Crippen LogP contribution is -2.06. The summed E-state index contributed by atoms with van der Waals surface area (Å²) in [6.07, 6.45) is -2.83. The highest BCUT2D eigenvalue weighted by atomic mass is 35.5. The first-order valence-corrected chi connectivity index (χ1v) is 4.11. The SMILES string of the molecule is COc1cc(C(F)F)c(Cl)nc1C(=O)O. The number of hydrogen-bond acceptors (Lipinski definition) is 3. The average molecular weight is 238 g/mol. The Hall–Kier alpha value is -1.43. The second kappa shape index (κ2) is 4.39. The van der Waals surface area contributed by atoms with Crippen LogP contribution in [-0.2, 0) is 0 Å². The van der Waals surface area contributed by atoms with Crippen molar-refractivity contribution in [3.63, 3.8) is 0 Å². The molecule has 0 spiro atoms. The number of aromatic nitrogens is 1. The maximum atomic E-state index is 12.3. The molecule has 1 aromatic rings. The number of rotatable bonds is 3. The van der Waals surface area contributed by atoms with Gasteiger partial charge in [-0.25, -0.2) is 18.6 Å². The monoisotopic (exact) mass is 237 g/mol. The fraction of sp³-hybridized carbons (Fsp3) is 0.250. The first-order chi connectivity index (χ1) is 6.97. The van der Waals surface area contributed by atoms with E-state index in [-0.39, 0.29) is 5.75 Å². The largest absolute Gasteiger partial charge is 0.494 e. The van der Waals surface area contributed by atoms with Crippen molar-refractivity contribution in [1.29, 1.82) is 0 Å². The Morgan fingerprint density at radius 2 is 2.27 bits per heavy atom. The van der Waals surface area contributed by atoms with Crippen LogP contribution in [0.3, 0.4) is 0 Å². The predicted molar refractivity (Wildman–Crippen MR) is 47.7 cm³/mol. The summed E-state index contributed by atoms with van der Waals surface area (Å²) in [6.45, 7) is 0. The topological polar surface area (TPSA) is 59.4 Å². The summed E-state index contributed by atoms with van der Waals surface area (Å²) in [4.78, 5) is 14.0. The molecule has 1 N–H and O–H groups in total. The molecule has 1 rings (SSSR count). The van der Waals surface area contributed by atoms with Crippen molar-refractivity contribution in [3.05, 3.63) is 22.5 Å². The summed E-state index contributed by atoms with van der Waals surface area (Å²) in [5.41, 5.74) is -1.05. The van der Waals surface area contributed by atoms with E-state index in [0.717, 1.165) is 13.2 Å². The van der Waals surface area contributed by atoms with Gasteiger partial charge in [-0.1, -0.05) is 11.6 Å². The molecule has 0 saturated carbocycles. The minimum atomic E-state index is -2.83. The summed E-state index contributed by atoms with van der Waals surface area (Å²) in [5.74, 6) is -1.64. The molecule has 0 aromatic carbocycles. The van der Waals surface area contributed by atoms with Gasteiger partial charge in [0.2, 0.25) is 0 Å². The molecule has 0 bridgehead atoms. The number of carboxylic acids is 1. The van der Waals surface area contributed by atoms with Crippen molar-refractivity contribution < 1.29 is 23.4 Å². The van der Waals surface area contributed by atoms with Gasteiger partial charge in [0.25, 0.3) is 6.43 Å². The second-order valence-corrected chi connectivity index (χ2v) is 2.88. The van der Waals surface area contributed by atoms with Crippen molar-refractivity contribution in [2.45, 2.75) is 6.43 Å². The number of nitrogens with zero attached hydrogens (tertiary/aromatic N) is 1. The minimum Gasteiger partial charge on any atom is -0.494 e. The van der Waals surface area contributed by atoms with E-state index in [1.165, 1.54) is 0 Å². The Morgan fingerprint density at radius 1 is 1.67 bits per heavy atom. The number of hydrogen-bond donors (Lipinski definition) is 1. The van der Waals surface area contributed by atoms with E-state index in [1.807, 2.05) is 0 Å². The minimum absolute atomic E-state index is 0.248. The van der Waals surface area contributed by atoms with Crippen molar-refractivity contribution in [2.24, 2.45) is 0 Å². The fourth-order valence-corrected chi connectivity index (χ4v) is 1.17. The molecule has 0 fully saturated rings. The van der Waals surface area contributed by atoms with Gasteiger partial charge in [0.1, 0.15) is 5.15 Å². The summed E-state index contributed by atoms with van der Waals surface area (Å²) < 4.78 is 29.3. The Morgan fingerprint density at radius 3 is 2.67 bits per heavy atom. The molecule has 0 aliphatic heterocycles. The molecule has 0 saturated heterocycles. The van der Waals surface area contributed by atoms with Gasteiger partial charge in [0.05, 0.1) is 12.7 Å². The molecule has 0 radical (unpaired) electrons. The zero-order valence-electron chi connectivity index (χ0n) is 7.50. The van der Waals surface area contributed by atoms with Crippen LogP contribution in [0, 0.1) is 0 Å². The van der Waals surface area contributed by atoms with Gasteiger partial charge in [0, 0.05) is 0 Å². The van der Waals surface area contributed by atoms with Crippen LogP contribution in [0.5, 0.6) is 5.75 Å². The van der Waals surface area contributed by atoms with Gasteiger partial charge in [0.15, 0.2) is 11.4 Å². The first kappa shape index (κ1) is 11.6. The highest BCUT2D eigenvalue weighted by Gasteiger charge is 2.21. The number of carbonyl (C=O) groups is 1. The number of alkyl halides is 2. The van der Waals surface area contributed by atoms with E-state index >= 15 is 0 Å². The van der Waals surface area contributed by atoms with Crippen LogP contribution in [0.15, 0.2) is 6.07 Å². The van der Waals surface area contributed by atoms with Crippen molar-refractivity contribution in [1.82, 2.24) is 4.98 Å².